The second-order valence-electron chi connectivity index (χ2n) is 10.9. The van der Waals surface area contributed by atoms with E-state index < -0.39 is 5.60 Å². The SMILES string of the molecule is COc1cc(N2CCC(C)CC2)ccc1Nc1ncc2c(n1)N(c1ccccc1OC(C)C)C(=O)C(C)(C)O2. The van der Waals surface area contributed by atoms with Gasteiger partial charge in [-0.15, -0.1) is 0 Å². The van der Waals surface area contributed by atoms with Crippen molar-refractivity contribution in [1.29, 1.82) is 0 Å². The second kappa shape index (κ2) is 10.6. The van der Waals surface area contributed by atoms with Crippen LogP contribution in [0.1, 0.15) is 47.5 Å². The molecule has 2 aliphatic rings. The van der Waals surface area contributed by atoms with Crippen molar-refractivity contribution in [2.45, 2.75) is 59.2 Å². The van der Waals surface area contributed by atoms with Crippen molar-refractivity contribution in [2.75, 3.05) is 35.3 Å². The molecule has 0 bridgehead atoms. The number of nitrogens with zero attached hydrogens (tertiary/aromatic N) is 4. The van der Waals surface area contributed by atoms with Crippen LogP contribution >= 0.6 is 0 Å². The van der Waals surface area contributed by atoms with E-state index >= 15 is 0 Å². The quantitative estimate of drug-likeness (QED) is 0.392. The molecule has 2 aliphatic heterocycles. The lowest BCUT2D eigenvalue weighted by molar-refractivity contribution is -0.131. The Kier molecular flexibility index (Phi) is 7.25. The predicted octanol–water partition coefficient (Wildman–Crippen LogP) is 6.09. The van der Waals surface area contributed by atoms with Gasteiger partial charge in [0.05, 0.1) is 30.8 Å². The lowest BCUT2D eigenvalue weighted by Gasteiger charge is -2.38. The maximum Gasteiger partial charge on any atom is 0.276 e. The van der Waals surface area contributed by atoms with E-state index in [4.69, 9.17) is 19.2 Å². The molecule has 0 saturated carbocycles. The number of piperidine rings is 1. The molecule has 9 nitrogen and oxygen atoms in total. The van der Waals surface area contributed by atoms with E-state index in [1.807, 2.05) is 50.2 Å². The highest BCUT2D eigenvalue weighted by atomic mass is 16.5. The molecular weight excluding hydrogens is 494 g/mol. The lowest BCUT2D eigenvalue weighted by Crippen LogP contribution is -2.51. The van der Waals surface area contributed by atoms with Crippen LogP contribution in [0.3, 0.4) is 0 Å². The van der Waals surface area contributed by atoms with Crippen LogP contribution in [0.2, 0.25) is 0 Å². The highest BCUT2D eigenvalue weighted by Gasteiger charge is 2.44. The van der Waals surface area contributed by atoms with E-state index in [1.165, 1.54) is 12.8 Å². The van der Waals surface area contributed by atoms with Crippen LogP contribution in [-0.2, 0) is 4.79 Å². The summed E-state index contributed by atoms with van der Waals surface area (Å²) in [7, 11) is 1.65. The largest absolute Gasteiger partial charge is 0.494 e. The zero-order chi connectivity index (χ0) is 27.7. The van der Waals surface area contributed by atoms with Gasteiger partial charge in [0.25, 0.3) is 5.91 Å². The Morgan fingerprint density at radius 2 is 1.85 bits per heavy atom. The predicted molar refractivity (Wildman–Crippen MR) is 153 cm³/mol. The molecule has 1 aromatic heterocycles. The number of nitrogens with one attached hydrogen (secondary N) is 1. The van der Waals surface area contributed by atoms with Crippen molar-refractivity contribution < 1.29 is 19.0 Å². The molecule has 0 spiro atoms. The molecule has 2 aromatic carbocycles. The number of hydrogen-bond donors (Lipinski definition) is 1. The molecule has 39 heavy (non-hydrogen) atoms. The number of methoxy groups -OCH3 is 1. The van der Waals surface area contributed by atoms with Crippen LogP contribution in [-0.4, -0.2) is 47.8 Å². The van der Waals surface area contributed by atoms with Gasteiger partial charge in [0, 0.05) is 24.8 Å². The van der Waals surface area contributed by atoms with Gasteiger partial charge in [0.1, 0.15) is 11.5 Å². The summed E-state index contributed by atoms with van der Waals surface area (Å²) in [5.41, 5.74) is 1.34. The van der Waals surface area contributed by atoms with Crippen LogP contribution in [0.4, 0.5) is 28.8 Å². The number of ether oxygens (including phenoxy) is 3. The van der Waals surface area contributed by atoms with Crippen molar-refractivity contribution in [3.8, 4) is 17.2 Å². The molecule has 0 radical (unpaired) electrons. The average Bonchev–Trinajstić information content (AvgIpc) is 2.91. The zero-order valence-corrected chi connectivity index (χ0v) is 23.5. The standard InChI is InChI=1S/C30H37N5O4/c1-19(2)38-24-10-8-7-9-23(24)35-27-26(39-30(4,5)28(35)36)18-31-29(33-27)32-22-12-11-21(17-25(22)37-6)34-15-13-20(3)14-16-34/h7-12,17-20H,13-16H2,1-6H3,(H,31,32,33). The van der Waals surface area contributed by atoms with E-state index in [1.54, 1.807) is 32.1 Å². The van der Waals surface area contributed by atoms with Crippen molar-refractivity contribution in [1.82, 2.24) is 9.97 Å². The number of carbonyl (C=O) groups is 1. The topological polar surface area (TPSA) is 89.0 Å². The molecule has 0 aliphatic carbocycles. The molecule has 1 N–H and O–H groups in total. The maximum absolute atomic E-state index is 13.7. The van der Waals surface area contributed by atoms with Gasteiger partial charge in [-0.3, -0.25) is 9.69 Å². The normalized spacial score (nSPS) is 17.1. The number of aromatic nitrogens is 2. The van der Waals surface area contributed by atoms with Crippen molar-refractivity contribution >= 4 is 34.7 Å². The van der Waals surface area contributed by atoms with E-state index in [0.717, 1.165) is 30.4 Å². The fourth-order valence-electron chi connectivity index (χ4n) is 4.92. The summed E-state index contributed by atoms with van der Waals surface area (Å²) < 4.78 is 17.8. The van der Waals surface area contributed by atoms with Crippen LogP contribution in [0.25, 0.3) is 0 Å². The first kappa shape index (κ1) is 26.6. The molecule has 206 valence electrons. The summed E-state index contributed by atoms with van der Waals surface area (Å²) in [5, 5.41) is 3.27. The molecule has 0 unspecified atom stereocenters. The van der Waals surface area contributed by atoms with Gasteiger partial charge in [-0.25, -0.2) is 4.98 Å². The summed E-state index contributed by atoms with van der Waals surface area (Å²) in [6.45, 7) is 11.7. The van der Waals surface area contributed by atoms with E-state index in [2.05, 4.69) is 28.2 Å². The molecule has 5 rings (SSSR count). The molecular formula is C30H37N5O4. The van der Waals surface area contributed by atoms with Gasteiger partial charge in [0.15, 0.2) is 17.2 Å². The minimum atomic E-state index is -1.11. The molecule has 3 aromatic rings. The summed E-state index contributed by atoms with van der Waals surface area (Å²) in [6, 6.07) is 13.5. The molecule has 3 heterocycles. The zero-order valence-electron chi connectivity index (χ0n) is 23.5. The van der Waals surface area contributed by atoms with Gasteiger partial charge >= 0.3 is 0 Å². The van der Waals surface area contributed by atoms with Crippen molar-refractivity contribution in [3.05, 3.63) is 48.7 Å². The molecule has 9 heteroatoms. The number of benzene rings is 2. The Bertz CT molecular complexity index is 1350. The van der Waals surface area contributed by atoms with Crippen LogP contribution in [0, 0.1) is 5.92 Å². The Labute approximate surface area is 230 Å². The first-order valence-corrected chi connectivity index (χ1v) is 13.5. The van der Waals surface area contributed by atoms with Crippen LogP contribution < -0.4 is 29.3 Å². The minimum Gasteiger partial charge on any atom is -0.494 e. The molecule has 1 saturated heterocycles. The Morgan fingerprint density at radius 3 is 2.56 bits per heavy atom. The number of carbonyl (C=O) groups excluding carboxylic acids is 1. The van der Waals surface area contributed by atoms with Crippen molar-refractivity contribution in [3.63, 3.8) is 0 Å². The van der Waals surface area contributed by atoms with E-state index in [0.29, 0.717) is 34.7 Å². The number of fused-ring (bicyclic) bond motifs is 1. The minimum absolute atomic E-state index is 0.0684. The van der Waals surface area contributed by atoms with E-state index in [-0.39, 0.29) is 12.0 Å². The highest BCUT2D eigenvalue weighted by Crippen LogP contribution is 2.44. The Morgan fingerprint density at radius 1 is 1.10 bits per heavy atom. The summed E-state index contributed by atoms with van der Waals surface area (Å²) in [5.74, 6) is 2.85. The van der Waals surface area contributed by atoms with Crippen molar-refractivity contribution in [2.24, 2.45) is 5.92 Å². The Balaban J connectivity index is 1.49. The highest BCUT2D eigenvalue weighted by molar-refractivity contribution is 6.08. The fourth-order valence-corrected chi connectivity index (χ4v) is 4.92. The van der Waals surface area contributed by atoms with E-state index in [9.17, 15) is 4.79 Å². The maximum atomic E-state index is 13.7. The summed E-state index contributed by atoms with van der Waals surface area (Å²) in [4.78, 5) is 26.8. The first-order valence-electron chi connectivity index (χ1n) is 13.5. The smallest absolute Gasteiger partial charge is 0.276 e. The Hall–Kier alpha value is -4.01. The molecule has 0 atom stereocenters. The van der Waals surface area contributed by atoms with Gasteiger partial charge in [-0.2, -0.15) is 4.98 Å². The second-order valence-corrected chi connectivity index (χ2v) is 10.9. The molecule has 1 amide bonds. The van der Waals surface area contributed by atoms with Gasteiger partial charge in [0.2, 0.25) is 5.95 Å². The summed E-state index contributed by atoms with van der Waals surface area (Å²) in [6.07, 6.45) is 3.89. The van der Waals surface area contributed by atoms with Crippen LogP contribution in [0.5, 0.6) is 17.2 Å². The number of hydrogen-bond acceptors (Lipinski definition) is 8. The summed E-state index contributed by atoms with van der Waals surface area (Å²) >= 11 is 0. The third-order valence-electron chi connectivity index (χ3n) is 7.08. The number of anilines is 5. The van der Waals surface area contributed by atoms with Gasteiger partial charge in [-0.05, 0) is 70.7 Å². The number of amides is 1. The van der Waals surface area contributed by atoms with Gasteiger partial charge in [-0.1, -0.05) is 19.1 Å². The lowest BCUT2D eigenvalue weighted by atomic mass is 9.99. The molecule has 1 fully saturated rings. The first-order chi connectivity index (χ1) is 18.7. The third kappa shape index (κ3) is 5.44. The van der Waals surface area contributed by atoms with Crippen LogP contribution in [0.15, 0.2) is 48.7 Å². The number of rotatable bonds is 7. The number of para-hydroxylation sites is 2. The fraction of sp³-hybridized carbons (Fsp3) is 0.433. The monoisotopic (exact) mass is 531 g/mol. The average molecular weight is 532 g/mol. The van der Waals surface area contributed by atoms with Gasteiger partial charge < -0.3 is 24.4 Å². The third-order valence-corrected chi connectivity index (χ3v) is 7.08.